The molecule has 0 aliphatic carbocycles. The van der Waals surface area contributed by atoms with E-state index in [2.05, 4.69) is 30.3 Å². The third-order valence-electron chi connectivity index (χ3n) is 6.26. The summed E-state index contributed by atoms with van der Waals surface area (Å²) in [7, 11) is 0. The van der Waals surface area contributed by atoms with Crippen molar-refractivity contribution in [3.63, 3.8) is 0 Å². The number of hydrogen-bond donors (Lipinski definition) is 1. The summed E-state index contributed by atoms with van der Waals surface area (Å²) in [5.74, 6) is 0.800. The molecule has 7 heteroatoms. The van der Waals surface area contributed by atoms with Crippen LogP contribution in [0.25, 0.3) is 16.8 Å². The summed E-state index contributed by atoms with van der Waals surface area (Å²) in [4.78, 5) is 13.5. The molecule has 34 heavy (non-hydrogen) atoms. The van der Waals surface area contributed by atoms with Crippen molar-refractivity contribution in [3.8, 4) is 17.0 Å². The number of nitrogens with zero attached hydrogens (tertiary/aromatic N) is 2. The standard InChI is InChI=1S/C27H25Cl2N3O2/c1-15(2)25-21(27(33)31-22-8-9-34-24-7-5-4-6-20(22)24)14-30-32-23(25)10-16(3)26(32)17-11-18(28)13-19(29)12-17/h4-7,10-15,22H,8-9H2,1-3H3,(H,31,33)/t22-/m0/s1. The molecule has 1 aliphatic heterocycles. The topological polar surface area (TPSA) is 55.6 Å². The molecule has 0 spiro atoms. The normalized spacial score (nSPS) is 15.3. The molecular formula is C27H25Cl2N3O2. The smallest absolute Gasteiger partial charge is 0.253 e. The molecule has 1 atom stereocenters. The van der Waals surface area contributed by atoms with Gasteiger partial charge in [0, 0.05) is 27.6 Å². The summed E-state index contributed by atoms with van der Waals surface area (Å²) in [6, 6.07) is 15.3. The van der Waals surface area contributed by atoms with Crippen molar-refractivity contribution in [2.24, 2.45) is 0 Å². The number of ether oxygens (including phenoxy) is 1. The van der Waals surface area contributed by atoms with E-state index in [9.17, 15) is 4.79 Å². The maximum absolute atomic E-state index is 13.5. The Morgan fingerprint density at radius 1 is 1.15 bits per heavy atom. The number of carbonyl (C=O) groups excluding carboxylic acids is 1. The molecule has 1 amide bonds. The van der Waals surface area contributed by atoms with Gasteiger partial charge >= 0.3 is 0 Å². The molecule has 0 bridgehead atoms. The quantitative estimate of drug-likeness (QED) is 0.333. The van der Waals surface area contributed by atoms with Crippen molar-refractivity contribution >= 4 is 34.6 Å². The summed E-state index contributed by atoms with van der Waals surface area (Å²) in [5.41, 5.74) is 6.26. The summed E-state index contributed by atoms with van der Waals surface area (Å²) >= 11 is 12.5. The highest BCUT2D eigenvalue weighted by Crippen LogP contribution is 2.36. The molecule has 5 rings (SSSR count). The van der Waals surface area contributed by atoms with Crippen LogP contribution in [0.1, 0.15) is 59.3 Å². The lowest BCUT2D eigenvalue weighted by Gasteiger charge is -2.27. The van der Waals surface area contributed by atoms with Crippen molar-refractivity contribution in [1.82, 2.24) is 14.9 Å². The lowest BCUT2D eigenvalue weighted by Crippen LogP contribution is -2.33. The number of carbonyl (C=O) groups is 1. The first kappa shape index (κ1) is 22.8. The lowest BCUT2D eigenvalue weighted by molar-refractivity contribution is 0.0923. The van der Waals surface area contributed by atoms with Gasteiger partial charge in [-0.15, -0.1) is 0 Å². The van der Waals surface area contributed by atoms with Crippen LogP contribution < -0.4 is 10.1 Å². The van der Waals surface area contributed by atoms with Gasteiger partial charge in [-0.05, 0) is 54.3 Å². The summed E-state index contributed by atoms with van der Waals surface area (Å²) in [5, 5.41) is 9.03. The van der Waals surface area contributed by atoms with E-state index in [4.69, 9.17) is 27.9 Å². The molecule has 174 valence electrons. The molecule has 1 aliphatic rings. The molecule has 0 saturated carbocycles. The Labute approximate surface area is 208 Å². The largest absolute Gasteiger partial charge is 0.493 e. The van der Waals surface area contributed by atoms with E-state index in [1.54, 1.807) is 12.3 Å². The Morgan fingerprint density at radius 2 is 1.88 bits per heavy atom. The van der Waals surface area contributed by atoms with Gasteiger partial charge in [0.15, 0.2) is 0 Å². The van der Waals surface area contributed by atoms with Crippen LogP contribution in [0.3, 0.4) is 0 Å². The van der Waals surface area contributed by atoms with Gasteiger partial charge in [-0.1, -0.05) is 55.2 Å². The molecule has 3 heterocycles. The lowest BCUT2D eigenvalue weighted by atomic mass is 9.96. The van der Waals surface area contributed by atoms with E-state index in [1.807, 2.05) is 47.8 Å². The Bertz CT molecular complexity index is 1390. The summed E-state index contributed by atoms with van der Waals surface area (Å²) in [6.45, 7) is 6.78. The molecule has 0 saturated heterocycles. The van der Waals surface area contributed by atoms with Gasteiger partial charge < -0.3 is 10.1 Å². The van der Waals surface area contributed by atoms with E-state index < -0.39 is 0 Å². The molecule has 5 nitrogen and oxygen atoms in total. The van der Waals surface area contributed by atoms with Crippen LogP contribution in [-0.2, 0) is 0 Å². The van der Waals surface area contributed by atoms with Crippen LogP contribution in [0.5, 0.6) is 5.75 Å². The first-order valence-electron chi connectivity index (χ1n) is 11.3. The third kappa shape index (κ3) is 4.04. The van der Waals surface area contributed by atoms with E-state index in [1.165, 1.54) is 0 Å². The zero-order valence-electron chi connectivity index (χ0n) is 19.2. The first-order valence-corrected chi connectivity index (χ1v) is 12.1. The Balaban J connectivity index is 1.58. The average molecular weight is 494 g/mol. The number of nitrogens with one attached hydrogen (secondary N) is 1. The Morgan fingerprint density at radius 3 is 2.62 bits per heavy atom. The fraction of sp³-hybridized carbons (Fsp3) is 0.259. The Hall–Kier alpha value is -3.02. The fourth-order valence-corrected chi connectivity index (χ4v) is 5.34. The summed E-state index contributed by atoms with van der Waals surface area (Å²) in [6.07, 6.45) is 2.39. The number of benzene rings is 2. The van der Waals surface area contributed by atoms with Gasteiger partial charge in [0.2, 0.25) is 0 Å². The van der Waals surface area contributed by atoms with Crippen LogP contribution in [0.2, 0.25) is 10.0 Å². The average Bonchev–Trinajstić information content (AvgIpc) is 3.13. The van der Waals surface area contributed by atoms with E-state index in [0.29, 0.717) is 22.2 Å². The second-order valence-corrected chi connectivity index (χ2v) is 9.83. The zero-order chi connectivity index (χ0) is 24.0. The maximum Gasteiger partial charge on any atom is 0.253 e. The van der Waals surface area contributed by atoms with E-state index in [0.717, 1.165) is 45.6 Å². The maximum atomic E-state index is 13.5. The SMILES string of the molecule is Cc1cc2c(C(C)C)c(C(=O)N[C@H]3CCOc4ccccc43)cnn2c1-c1cc(Cl)cc(Cl)c1. The fourth-order valence-electron chi connectivity index (χ4n) is 4.81. The number of fused-ring (bicyclic) bond motifs is 2. The predicted octanol–water partition coefficient (Wildman–Crippen LogP) is 6.99. The highest BCUT2D eigenvalue weighted by atomic mass is 35.5. The number of hydrogen-bond acceptors (Lipinski definition) is 3. The number of para-hydroxylation sites is 1. The van der Waals surface area contributed by atoms with E-state index >= 15 is 0 Å². The molecule has 0 radical (unpaired) electrons. The van der Waals surface area contributed by atoms with Crippen LogP contribution >= 0.6 is 23.2 Å². The zero-order valence-corrected chi connectivity index (χ0v) is 20.7. The van der Waals surface area contributed by atoms with Crippen molar-refractivity contribution in [1.29, 1.82) is 0 Å². The van der Waals surface area contributed by atoms with Crippen molar-refractivity contribution in [2.75, 3.05) is 6.61 Å². The van der Waals surface area contributed by atoms with Gasteiger partial charge in [0.25, 0.3) is 5.91 Å². The van der Waals surface area contributed by atoms with Crippen LogP contribution in [0, 0.1) is 6.92 Å². The van der Waals surface area contributed by atoms with Crippen molar-refractivity contribution < 1.29 is 9.53 Å². The predicted molar refractivity (Wildman–Crippen MR) is 136 cm³/mol. The second kappa shape index (κ2) is 8.97. The third-order valence-corrected chi connectivity index (χ3v) is 6.69. The van der Waals surface area contributed by atoms with Crippen molar-refractivity contribution in [2.45, 2.75) is 39.2 Å². The molecular weight excluding hydrogens is 469 g/mol. The van der Waals surface area contributed by atoms with Gasteiger partial charge in [0.05, 0.1) is 35.6 Å². The van der Waals surface area contributed by atoms with Gasteiger partial charge in [-0.25, -0.2) is 4.52 Å². The molecule has 4 aromatic rings. The highest BCUT2D eigenvalue weighted by molar-refractivity contribution is 6.35. The Kier molecular flexibility index (Phi) is 6.00. The second-order valence-electron chi connectivity index (χ2n) is 8.96. The summed E-state index contributed by atoms with van der Waals surface area (Å²) < 4.78 is 7.63. The molecule has 2 aromatic carbocycles. The minimum atomic E-state index is -0.133. The molecule has 2 aromatic heterocycles. The van der Waals surface area contributed by atoms with Crippen molar-refractivity contribution in [3.05, 3.63) is 87.0 Å². The highest BCUT2D eigenvalue weighted by Gasteiger charge is 2.26. The number of aromatic nitrogens is 2. The van der Waals surface area contributed by atoms with Gasteiger partial charge in [0.1, 0.15) is 5.75 Å². The van der Waals surface area contributed by atoms with Crippen LogP contribution in [-0.4, -0.2) is 22.1 Å². The number of amides is 1. The van der Waals surface area contributed by atoms with Gasteiger partial charge in [-0.2, -0.15) is 5.10 Å². The number of rotatable bonds is 4. The molecule has 1 N–H and O–H groups in total. The van der Waals surface area contributed by atoms with Crippen LogP contribution in [0.4, 0.5) is 0 Å². The monoisotopic (exact) mass is 493 g/mol. The first-order chi connectivity index (χ1) is 16.3. The van der Waals surface area contributed by atoms with Gasteiger partial charge in [-0.3, -0.25) is 4.79 Å². The minimum absolute atomic E-state index is 0.105. The number of halogens is 2. The van der Waals surface area contributed by atoms with E-state index in [-0.39, 0.29) is 17.9 Å². The molecule has 0 fully saturated rings. The minimum Gasteiger partial charge on any atom is -0.493 e. The molecule has 0 unspecified atom stereocenters. The van der Waals surface area contributed by atoms with Crippen LogP contribution in [0.15, 0.2) is 54.7 Å². The number of aryl methyl sites for hydroxylation is 1.